The highest BCUT2D eigenvalue weighted by Gasteiger charge is 2.30. The van der Waals surface area contributed by atoms with Crippen LogP contribution in [0.5, 0.6) is 0 Å². The molecule has 3 aromatic carbocycles. The Labute approximate surface area is 248 Å². The number of nitriles is 1. The van der Waals surface area contributed by atoms with E-state index in [0.29, 0.717) is 18.5 Å². The number of aromatic nitrogens is 2. The number of nitrogens with one attached hydrogen (secondary N) is 1. The third kappa shape index (κ3) is 4.94. The van der Waals surface area contributed by atoms with Crippen molar-refractivity contribution in [1.82, 2.24) is 15.3 Å². The van der Waals surface area contributed by atoms with E-state index >= 15 is 0 Å². The van der Waals surface area contributed by atoms with Crippen LogP contribution in [0.25, 0.3) is 21.6 Å². The summed E-state index contributed by atoms with van der Waals surface area (Å²) < 4.78 is 0. The van der Waals surface area contributed by atoms with E-state index in [1.54, 1.807) is 0 Å². The predicted octanol–water partition coefficient (Wildman–Crippen LogP) is 5.90. The maximum atomic E-state index is 14.4. The Morgan fingerprint density at radius 3 is 2.48 bits per heavy atom. The van der Waals surface area contributed by atoms with Crippen LogP contribution < -0.4 is 15.1 Å². The molecule has 2 aliphatic rings. The van der Waals surface area contributed by atoms with Crippen molar-refractivity contribution in [1.29, 1.82) is 5.26 Å². The van der Waals surface area contributed by atoms with Crippen LogP contribution in [-0.4, -0.2) is 42.1 Å². The number of piperazine rings is 1. The van der Waals surface area contributed by atoms with Crippen molar-refractivity contribution in [3.8, 4) is 27.6 Å². The average Bonchev–Trinajstić information content (AvgIpc) is 3.44. The Hall–Kier alpha value is -4.84. The first-order valence-electron chi connectivity index (χ1n) is 14.0. The first-order chi connectivity index (χ1) is 20.7. The SMILES string of the molecule is N#Cc1ccc(-c2cc3c(s2)C(=O)N(Cc2ccccc2-c2cncnc2)c2ccc(N4CCNCC4)cc2C3)cc1. The quantitative estimate of drug-likeness (QED) is 0.284. The second kappa shape index (κ2) is 11.2. The summed E-state index contributed by atoms with van der Waals surface area (Å²) in [6.07, 6.45) is 5.82. The van der Waals surface area contributed by atoms with Gasteiger partial charge in [-0.05, 0) is 64.2 Å². The van der Waals surface area contributed by atoms with Gasteiger partial charge in [0, 0.05) is 66.8 Å². The molecule has 0 saturated carbocycles. The van der Waals surface area contributed by atoms with Crippen molar-refractivity contribution >= 4 is 28.6 Å². The minimum atomic E-state index is 0.00248. The van der Waals surface area contributed by atoms with Gasteiger partial charge in [0.05, 0.1) is 23.1 Å². The van der Waals surface area contributed by atoms with Gasteiger partial charge in [-0.2, -0.15) is 5.26 Å². The van der Waals surface area contributed by atoms with E-state index in [1.807, 2.05) is 53.7 Å². The van der Waals surface area contributed by atoms with Gasteiger partial charge in [-0.25, -0.2) is 9.97 Å². The Balaban J connectivity index is 1.33. The second-order valence-corrected chi connectivity index (χ2v) is 11.6. The lowest BCUT2D eigenvalue weighted by Gasteiger charge is -2.31. The molecule has 0 unspecified atom stereocenters. The fourth-order valence-corrected chi connectivity index (χ4v) is 6.97. The van der Waals surface area contributed by atoms with Gasteiger partial charge in [0.2, 0.25) is 0 Å². The maximum absolute atomic E-state index is 14.4. The Kier molecular flexibility index (Phi) is 6.96. The molecule has 4 heterocycles. The lowest BCUT2D eigenvalue weighted by atomic mass is 10.0. The van der Waals surface area contributed by atoms with Crippen LogP contribution in [-0.2, 0) is 13.0 Å². The molecular weight excluding hydrogens is 540 g/mol. The molecule has 7 rings (SSSR count). The standard InChI is InChI=1S/C34H28N6OS/c35-18-23-5-7-24(8-6-23)32-17-27-15-26-16-29(39-13-11-36-12-14-39)9-10-31(26)40(34(41)33(27)42-32)21-25-3-1-2-4-30(25)28-19-37-22-38-20-28/h1-10,16-17,19-20,22,36H,11-15,21H2. The van der Waals surface area contributed by atoms with Crippen molar-refractivity contribution in [3.63, 3.8) is 0 Å². The Morgan fingerprint density at radius 2 is 1.69 bits per heavy atom. The monoisotopic (exact) mass is 568 g/mol. The Bertz CT molecular complexity index is 1800. The number of fused-ring (bicyclic) bond motifs is 2. The molecule has 1 fully saturated rings. The van der Waals surface area contributed by atoms with Gasteiger partial charge in [-0.15, -0.1) is 11.3 Å². The fraction of sp³-hybridized carbons (Fsp3) is 0.176. The van der Waals surface area contributed by atoms with Crippen LogP contribution in [0.15, 0.2) is 91.5 Å². The van der Waals surface area contributed by atoms with Crippen molar-refractivity contribution in [2.75, 3.05) is 36.0 Å². The number of carbonyl (C=O) groups is 1. The zero-order chi connectivity index (χ0) is 28.5. The van der Waals surface area contributed by atoms with E-state index < -0.39 is 0 Å². The normalized spacial score (nSPS) is 14.6. The Morgan fingerprint density at radius 1 is 0.905 bits per heavy atom. The molecule has 42 heavy (non-hydrogen) atoms. The molecule has 0 spiro atoms. The van der Waals surface area contributed by atoms with Gasteiger partial charge < -0.3 is 15.1 Å². The lowest BCUT2D eigenvalue weighted by Crippen LogP contribution is -2.43. The largest absolute Gasteiger partial charge is 0.369 e. The summed E-state index contributed by atoms with van der Waals surface area (Å²) in [6, 6.07) is 26.6. The van der Waals surface area contributed by atoms with Crippen LogP contribution in [0, 0.1) is 11.3 Å². The number of thiophene rings is 1. The highest BCUT2D eigenvalue weighted by atomic mass is 32.1. The zero-order valence-electron chi connectivity index (χ0n) is 23.0. The maximum Gasteiger partial charge on any atom is 0.268 e. The fourth-order valence-electron chi connectivity index (χ4n) is 5.83. The summed E-state index contributed by atoms with van der Waals surface area (Å²) in [5.74, 6) is 0.00248. The first-order valence-corrected chi connectivity index (χ1v) is 14.9. The third-order valence-electron chi connectivity index (χ3n) is 7.98. The van der Waals surface area contributed by atoms with Crippen LogP contribution >= 0.6 is 11.3 Å². The van der Waals surface area contributed by atoms with Gasteiger partial charge >= 0.3 is 0 Å². The molecular formula is C34H28N6OS. The molecule has 1 N–H and O–H groups in total. The molecule has 1 saturated heterocycles. The molecule has 206 valence electrons. The zero-order valence-corrected chi connectivity index (χ0v) is 23.8. The number of benzene rings is 3. The molecule has 1 amide bonds. The number of hydrogen-bond donors (Lipinski definition) is 1. The number of nitrogens with zero attached hydrogens (tertiary/aromatic N) is 5. The molecule has 0 atom stereocenters. The van der Waals surface area contributed by atoms with Gasteiger partial charge in [-0.1, -0.05) is 36.4 Å². The van der Waals surface area contributed by atoms with E-state index in [0.717, 1.165) is 75.0 Å². The van der Waals surface area contributed by atoms with Crippen molar-refractivity contribution < 1.29 is 4.79 Å². The van der Waals surface area contributed by atoms with E-state index in [2.05, 4.69) is 62.7 Å². The number of carbonyl (C=O) groups excluding carboxylic acids is 1. The summed E-state index contributed by atoms with van der Waals surface area (Å²) >= 11 is 1.53. The summed E-state index contributed by atoms with van der Waals surface area (Å²) in [7, 11) is 0. The average molecular weight is 569 g/mol. The topological polar surface area (TPSA) is 85.1 Å². The highest BCUT2D eigenvalue weighted by Crippen LogP contribution is 2.41. The number of anilines is 2. The smallest absolute Gasteiger partial charge is 0.268 e. The minimum Gasteiger partial charge on any atom is -0.369 e. The predicted molar refractivity (Wildman–Crippen MR) is 167 cm³/mol. The molecule has 8 heteroatoms. The van der Waals surface area contributed by atoms with Crippen LogP contribution in [0.3, 0.4) is 0 Å². The van der Waals surface area contributed by atoms with E-state index in [9.17, 15) is 10.1 Å². The van der Waals surface area contributed by atoms with E-state index in [-0.39, 0.29) is 5.91 Å². The van der Waals surface area contributed by atoms with Crippen molar-refractivity contribution in [3.05, 3.63) is 119 Å². The van der Waals surface area contributed by atoms with Gasteiger partial charge in [0.25, 0.3) is 5.91 Å². The molecule has 5 aromatic rings. The van der Waals surface area contributed by atoms with E-state index in [1.165, 1.54) is 23.4 Å². The number of amides is 1. The summed E-state index contributed by atoms with van der Waals surface area (Å²) in [4.78, 5) is 29.0. The summed E-state index contributed by atoms with van der Waals surface area (Å²) in [5, 5.41) is 12.7. The molecule has 2 aromatic heterocycles. The molecule has 2 aliphatic heterocycles. The number of hydrogen-bond acceptors (Lipinski definition) is 7. The van der Waals surface area contributed by atoms with Gasteiger partial charge in [0.1, 0.15) is 6.33 Å². The van der Waals surface area contributed by atoms with Gasteiger partial charge in [-0.3, -0.25) is 4.79 Å². The molecule has 0 bridgehead atoms. The molecule has 0 aliphatic carbocycles. The highest BCUT2D eigenvalue weighted by molar-refractivity contribution is 7.17. The van der Waals surface area contributed by atoms with Crippen LogP contribution in [0.1, 0.15) is 31.9 Å². The minimum absolute atomic E-state index is 0.00248. The summed E-state index contributed by atoms with van der Waals surface area (Å²) in [5.41, 5.74) is 8.91. The summed E-state index contributed by atoms with van der Waals surface area (Å²) in [6.45, 7) is 4.27. The van der Waals surface area contributed by atoms with Gasteiger partial charge in [0.15, 0.2) is 0 Å². The third-order valence-corrected chi connectivity index (χ3v) is 9.20. The second-order valence-electron chi connectivity index (χ2n) is 10.6. The van der Waals surface area contributed by atoms with E-state index in [4.69, 9.17) is 0 Å². The first kappa shape index (κ1) is 26.1. The van der Waals surface area contributed by atoms with Crippen LogP contribution in [0.4, 0.5) is 11.4 Å². The number of rotatable bonds is 5. The molecule has 0 radical (unpaired) electrons. The lowest BCUT2D eigenvalue weighted by molar-refractivity contribution is 0.0989. The molecule has 7 nitrogen and oxygen atoms in total. The van der Waals surface area contributed by atoms with Crippen LogP contribution in [0.2, 0.25) is 0 Å². The van der Waals surface area contributed by atoms with Crippen molar-refractivity contribution in [2.45, 2.75) is 13.0 Å². The van der Waals surface area contributed by atoms with Crippen molar-refractivity contribution in [2.24, 2.45) is 0 Å².